The number of unbranched alkanes of at least 4 members (excludes halogenated alkanes) is 1. The summed E-state index contributed by atoms with van der Waals surface area (Å²) in [7, 11) is 0. The maximum absolute atomic E-state index is 11.9. The van der Waals surface area contributed by atoms with Gasteiger partial charge in [0, 0.05) is 12.6 Å². The van der Waals surface area contributed by atoms with Crippen molar-refractivity contribution in [2.24, 2.45) is 0 Å². The number of nitrogens with one attached hydrogen (secondary N) is 2. The molecule has 0 aromatic carbocycles. The number of carbonyl (C=O) groups excluding carboxylic acids is 1. The van der Waals surface area contributed by atoms with Crippen molar-refractivity contribution in [2.45, 2.75) is 52.0 Å². The van der Waals surface area contributed by atoms with Crippen LogP contribution in [0, 0.1) is 0 Å². The molecule has 1 heterocycles. The van der Waals surface area contributed by atoms with Crippen LogP contribution in [0.3, 0.4) is 0 Å². The van der Waals surface area contributed by atoms with Crippen LogP contribution in [0.5, 0.6) is 0 Å². The van der Waals surface area contributed by atoms with Crippen LogP contribution in [0.15, 0.2) is 0 Å². The second kappa shape index (κ2) is 9.34. The van der Waals surface area contributed by atoms with Gasteiger partial charge < -0.3 is 10.6 Å². The molecule has 0 bridgehead atoms. The van der Waals surface area contributed by atoms with Gasteiger partial charge in [-0.05, 0) is 45.3 Å². The van der Waals surface area contributed by atoms with Gasteiger partial charge in [-0.2, -0.15) is 0 Å². The van der Waals surface area contributed by atoms with E-state index < -0.39 is 0 Å². The van der Waals surface area contributed by atoms with E-state index in [1.165, 1.54) is 12.8 Å². The summed E-state index contributed by atoms with van der Waals surface area (Å²) in [5.74, 6) is 0.190. The normalized spacial score (nSPS) is 17.1. The smallest absolute Gasteiger partial charge is 0.234 e. The molecule has 1 amide bonds. The van der Waals surface area contributed by atoms with Crippen molar-refractivity contribution in [3.63, 3.8) is 0 Å². The first-order valence-corrected chi connectivity index (χ1v) is 7.49. The van der Waals surface area contributed by atoms with Crippen LogP contribution in [0.25, 0.3) is 0 Å². The molecule has 0 saturated carbocycles. The maximum Gasteiger partial charge on any atom is 0.234 e. The molecule has 0 atom stereocenters. The topological polar surface area (TPSA) is 44.4 Å². The Morgan fingerprint density at radius 1 is 1.28 bits per heavy atom. The molecule has 4 heteroatoms. The second-order valence-electron chi connectivity index (χ2n) is 5.16. The molecule has 1 saturated heterocycles. The highest BCUT2D eigenvalue weighted by molar-refractivity contribution is 5.78. The minimum absolute atomic E-state index is 0.190. The van der Waals surface area contributed by atoms with Crippen LogP contribution < -0.4 is 10.6 Å². The number of amides is 1. The quantitative estimate of drug-likeness (QED) is 0.644. The summed E-state index contributed by atoms with van der Waals surface area (Å²) in [5.41, 5.74) is 0. The SMILES string of the molecule is CCCCNC(=O)CN(CCC)C1CCNCC1. The molecule has 0 aromatic heterocycles. The molecular weight excluding hydrogens is 226 g/mol. The summed E-state index contributed by atoms with van der Waals surface area (Å²) < 4.78 is 0. The number of piperidine rings is 1. The van der Waals surface area contributed by atoms with Gasteiger partial charge in [-0.25, -0.2) is 0 Å². The lowest BCUT2D eigenvalue weighted by Crippen LogP contribution is -2.47. The maximum atomic E-state index is 11.9. The standard InChI is InChI=1S/C14H29N3O/c1-3-5-8-16-14(18)12-17(11-4-2)13-6-9-15-10-7-13/h13,15H,3-12H2,1-2H3,(H,16,18). The zero-order chi connectivity index (χ0) is 13.2. The van der Waals surface area contributed by atoms with Crippen LogP contribution in [0.4, 0.5) is 0 Å². The third-order valence-corrected chi connectivity index (χ3v) is 3.54. The van der Waals surface area contributed by atoms with E-state index in [1.54, 1.807) is 0 Å². The number of nitrogens with zero attached hydrogens (tertiary/aromatic N) is 1. The Balaban J connectivity index is 2.33. The van der Waals surface area contributed by atoms with Crippen LogP contribution in [-0.2, 0) is 4.79 Å². The van der Waals surface area contributed by atoms with E-state index in [0.29, 0.717) is 12.6 Å². The lowest BCUT2D eigenvalue weighted by Gasteiger charge is -2.34. The van der Waals surface area contributed by atoms with Gasteiger partial charge in [-0.15, -0.1) is 0 Å². The Kier molecular flexibility index (Phi) is 8.01. The van der Waals surface area contributed by atoms with Crippen molar-refractivity contribution in [1.82, 2.24) is 15.5 Å². The second-order valence-corrected chi connectivity index (χ2v) is 5.16. The first-order valence-electron chi connectivity index (χ1n) is 7.49. The van der Waals surface area contributed by atoms with Crippen LogP contribution in [0.1, 0.15) is 46.0 Å². The van der Waals surface area contributed by atoms with Crippen molar-refractivity contribution >= 4 is 5.91 Å². The number of rotatable bonds is 8. The predicted molar refractivity (Wildman–Crippen MR) is 75.7 cm³/mol. The third-order valence-electron chi connectivity index (χ3n) is 3.54. The average Bonchev–Trinajstić information content (AvgIpc) is 2.39. The first kappa shape index (κ1) is 15.4. The monoisotopic (exact) mass is 255 g/mol. The molecule has 1 aliphatic rings. The molecule has 106 valence electrons. The first-order chi connectivity index (χ1) is 8.77. The Morgan fingerprint density at radius 2 is 2.00 bits per heavy atom. The van der Waals surface area contributed by atoms with Crippen LogP contribution >= 0.6 is 0 Å². The minimum Gasteiger partial charge on any atom is -0.355 e. The molecule has 1 rings (SSSR count). The number of carbonyl (C=O) groups is 1. The van der Waals surface area contributed by atoms with Crippen molar-refractivity contribution in [2.75, 3.05) is 32.7 Å². The summed E-state index contributed by atoms with van der Waals surface area (Å²) in [5, 5.41) is 6.40. The Hall–Kier alpha value is -0.610. The van der Waals surface area contributed by atoms with Gasteiger partial charge in [0.25, 0.3) is 0 Å². The van der Waals surface area contributed by atoms with Crippen LogP contribution in [-0.4, -0.2) is 49.6 Å². The molecule has 0 unspecified atom stereocenters. The molecule has 1 aliphatic heterocycles. The Labute approximate surface area is 111 Å². The predicted octanol–water partition coefficient (Wildman–Crippen LogP) is 1.37. The fraction of sp³-hybridized carbons (Fsp3) is 0.929. The Morgan fingerprint density at radius 3 is 2.61 bits per heavy atom. The van der Waals surface area contributed by atoms with E-state index in [0.717, 1.165) is 45.4 Å². The molecule has 0 aromatic rings. The van der Waals surface area contributed by atoms with E-state index in [4.69, 9.17) is 0 Å². The Bertz CT molecular complexity index is 227. The number of hydrogen-bond acceptors (Lipinski definition) is 3. The molecule has 4 nitrogen and oxygen atoms in total. The van der Waals surface area contributed by atoms with Crippen molar-refractivity contribution in [3.8, 4) is 0 Å². The fourth-order valence-corrected chi connectivity index (χ4v) is 2.49. The zero-order valence-electron chi connectivity index (χ0n) is 12.0. The van der Waals surface area contributed by atoms with E-state index >= 15 is 0 Å². The van der Waals surface area contributed by atoms with E-state index in [2.05, 4.69) is 29.4 Å². The van der Waals surface area contributed by atoms with Gasteiger partial charge in [-0.1, -0.05) is 20.3 Å². The summed E-state index contributed by atoms with van der Waals surface area (Å²) >= 11 is 0. The molecule has 18 heavy (non-hydrogen) atoms. The highest BCUT2D eigenvalue weighted by Gasteiger charge is 2.21. The van der Waals surface area contributed by atoms with Crippen molar-refractivity contribution in [1.29, 1.82) is 0 Å². The van der Waals surface area contributed by atoms with Gasteiger partial charge in [0.1, 0.15) is 0 Å². The molecule has 2 N–H and O–H groups in total. The van der Waals surface area contributed by atoms with Crippen LogP contribution in [0.2, 0.25) is 0 Å². The lowest BCUT2D eigenvalue weighted by atomic mass is 10.0. The van der Waals surface area contributed by atoms with Gasteiger partial charge in [0.2, 0.25) is 5.91 Å². The van der Waals surface area contributed by atoms with E-state index in [9.17, 15) is 4.79 Å². The van der Waals surface area contributed by atoms with E-state index in [-0.39, 0.29) is 5.91 Å². The highest BCUT2D eigenvalue weighted by atomic mass is 16.2. The number of hydrogen-bond donors (Lipinski definition) is 2. The van der Waals surface area contributed by atoms with Gasteiger partial charge in [-0.3, -0.25) is 9.69 Å². The molecule has 0 radical (unpaired) electrons. The average molecular weight is 255 g/mol. The lowest BCUT2D eigenvalue weighted by molar-refractivity contribution is -0.123. The summed E-state index contributed by atoms with van der Waals surface area (Å²) in [4.78, 5) is 14.2. The van der Waals surface area contributed by atoms with Gasteiger partial charge in [0.05, 0.1) is 6.54 Å². The summed E-state index contributed by atoms with van der Waals surface area (Å²) in [6.45, 7) is 8.92. The largest absolute Gasteiger partial charge is 0.355 e. The highest BCUT2D eigenvalue weighted by Crippen LogP contribution is 2.11. The summed E-state index contributed by atoms with van der Waals surface area (Å²) in [6, 6.07) is 0.586. The third kappa shape index (κ3) is 5.83. The summed E-state index contributed by atoms with van der Waals surface area (Å²) in [6.07, 6.45) is 5.66. The fourth-order valence-electron chi connectivity index (χ4n) is 2.49. The van der Waals surface area contributed by atoms with E-state index in [1.807, 2.05) is 0 Å². The van der Waals surface area contributed by atoms with Gasteiger partial charge >= 0.3 is 0 Å². The van der Waals surface area contributed by atoms with Crippen molar-refractivity contribution < 1.29 is 4.79 Å². The zero-order valence-corrected chi connectivity index (χ0v) is 12.0. The molecule has 0 aliphatic carbocycles. The minimum atomic E-state index is 0.190. The van der Waals surface area contributed by atoms with Gasteiger partial charge in [0.15, 0.2) is 0 Å². The molecule has 0 spiro atoms. The van der Waals surface area contributed by atoms with Crippen molar-refractivity contribution in [3.05, 3.63) is 0 Å². The molecular formula is C14H29N3O. The molecule has 1 fully saturated rings.